The first-order valence-electron chi connectivity index (χ1n) is 7.25. The first kappa shape index (κ1) is 12.2. The van der Waals surface area contributed by atoms with E-state index in [1.807, 2.05) is 24.3 Å². The van der Waals surface area contributed by atoms with Crippen LogP contribution in [0.4, 0.5) is 0 Å². The second-order valence-corrected chi connectivity index (χ2v) is 5.52. The largest absolute Gasteiger partial charge is 0.457 e. The van der Waals surface area contributed by atoms with E-state index in [4.69, 9.17) is 4.74 Å². The molecule has 0 atom stereocenters. The fraction of sp³-hybridized carbons (Fsp3) is 0.100. The molecule has 4 rings (SSSR count). The van der Waals surface area contributed by atoms with Crippen LogP contribution in [0.25, 0.3) is 0 Å². The van der Waals surface area contributed by atoms with E-state index in [2.05, 4.69) is 55.5 Å². The van der Waals surface area contributed by atoms with Crippen LogP contribution in [0.15, 0.2) is 72.8 Å². The van der Waals surface area contributed by atoms with Crippen LogP contribution in [-0.4, -0.2) is 0 Å². The molecular formula is C20H16O. The number of rotatable bonds is 1. The molecule has 0 aliphatic carbocycles. The van der Waals surface area contributed by atoms with Crippen molar-refractivity contribution in [3.8, 4) is 11.5 Å². The van der Waals surface area contributed by atoms with Crippen LogP contribution in [-0.2, 0) is 0 Å². The average molecular weight is 272 g/mol. The Bertz CT molecular complexity index is 759. The van der Waals surface area contributed by atoms with E-state index in [1.54, 1.807) is 0 Å². The summed E-state index contributed by atoms with van der Waals surface area (Å²) in [4.78, 5) is 0. The third kappa shape index (κ3) is 2.02. The Morgan fingerprint density at radius 3 is 1.95 bits per heavy atom. The van der Waals surface area contributed by atoms with E-state index in [0.717, 1.165) is 11.5 Å². The molecule has 1 aliphatic heterocycles. The third-order valence-electron chi connectivity index (χ3n) is 4.06. The van der Waals surface area contributed by atoms with Gasteiger partial charge in [-0.25, -0.2) is 0 Å². The Hall–Kier alpha value is -2.54. The zero-order chi connectivity index (χ0) is 14.2. The standard InChI is InChI=1S/C20H16O/c1-14-7-6-8-15(13-14)20-16-9-2-4-11-18(16)21-19-12-5-3-10-17(19)20/h2-13,20H,1H3. The third-order valence-corrected chi connectivity index (χ3v) is 4.06. The van der Waals surface area contributed by atoms with Gasteiger partial charge in [-0.2, -0.15) is 0 Å². The van der Waals surface area contributed by atoms with Crippen LogP contribution >= 0.6 is 0 Å². The molecule has 1 heterocycles. The number of fused-ring (bicyclic) bond motifs is 2. The Balaban J connectivity index is 1.97. The number of benzene rings is 3. The van der Waals surface area contributed by atoms with Gasteiger partial charge in [0.25, 0.3) is 0 Å². The Morgan fingerprint density at radius 1 is 0.714 bits per heavy atom. The molecule has 0 unspecified atom stereocenters. The van der Waals surface area contributed by atoms with Crippen LogP contribution in [0.3, 0.4) is 0 Å². The van der Waals surface area contributed by atoms with Crippen molar-refractivity contribution in [2.75, 3.05) is 0 Å². The summed E-state index contributed by atoms with van der Waals surface area (Å²) in [5.41, 5.74) is 5.08. The molecule has 0 bridgehead atoms. The molecular weight excluding hydrogens is 256 g/mol. The molecule has 0 amide bonds. The monoisotopic (exact) mass is 272 g/mol. The van der Waals surface area contributed by atoms with Crippen LogP contribution in [0.5, 0.6) is 11.5 Å². The molecule has 0 fully saturated rings. The summed E-state index contributed by atoms with van der Waals surface area (Å²) in [7, 11) is 0. The Labute approximate surface area is 124 Å². The average Bonchev–Trinajstić information content (AvgIpc) is 2.52. The molecule has 21 heavy (non-hydrogen) atoms. The van der Waals surface area contributed by atoms with Crippen LogP contribution in [0.1, 0.15) is 28.2 Å². The van der Waals surface area contributed by atoms with E-state index >= 15 is 0 Å². The molecule has 3 aromatic carbocycles. The maximum absolute atomic E-state index is 6.06. The number of para-hydroxylation sites is 2. The topological polar surface area (TPSA) is 9.23 Å². The molecule has 0 saturated carbocycles. The summed E-state index contributed by atoms with van der Waals surface area (Å²) in [6.45, 7) is 2.14. The first-order valence-corrected chi connectivity index (χ1v) is 7.25. The number of ether oxygens (including phenoxy) is 1. The molecule has 1 aliphatic rings. The second kappa shape index (κ2) is 4.78. The summed E-state index contributed by atoms with van der Waals surface area (Å²) in [5.74, 6) is 2.16. The van der Waals surface area contributed by atoms with Gasteiger partial charge in [0.2, 0.25) is 0 Å². The number of hydrogen-bond acceptors (Lipinski definition) is 1. The lowest BCUT2D eigenvalue weighted by Gasteiger charge is -2.28. The smallest absolute Gasteiger partial charge is 0.131 e. The minimum Gasteiger partial charge on any atom is -0.457 e. The SMILES string of the molecule is Cc1cccc(C2c3ccccc3Oc3ccccc32)c1. The van der Waals surface area contributed by atoms with E-state index in [0.29, 0.717) is 0 Å². The number of hydrogen-bond donors (Lipinski definition) is 0. The number of aryl methyl sites for hydroxylation is 1. The van der Waals surface area contributed by atoms with Crippen molar-refractivity contribution in [2.45, 2.75) is 12.8 Å². The normalized spacial score (nSPS) is 13.2. The lowest BCUT2D eigenvalue weighted by Crippen LogP contribution is -2.11. The van der Waals surface area contributed by atoms with Crippen molar-refractivity contribution in [1.82, 2.24) is 0 Å². The fourth-order valence-corrected chi connectivity index (χ4v) is 3.12. The summed E-state index contributed by atoms with van der Waals surface area (Å²) >= 11 is 0. The van der Waals surface area contributed by atoms with Gasteiger partial charge in [-0.1, -0.05) is 66.2 Å². The molecule has 0 aromatic heterocycles. The van der Waals surface area contributed by atoms with Gasteiger partial charge < -0.3 is 4.74 Å². The zero-order valence-electron chi connectivity index (χ0n) is 11.9. The summed E-state index contributed by atoms with van der Waals surface area (Å²) < 4.78 is 6.06. The molecule has 3 aromatic rings. The van der Waals surface area contributed by atoms with Crippen molar-refractivity contribution in [3.05, 3.63) is 95.1 Å². The predicted octanol–water partition coefficient (Wildman–Crippen LogP) is 5.28. The lowest BCUT2D eigenvalue weighted by atomic mass is 9.82. The van der Waals surface area contributed by atoms with E-state index in [9.17, 15) is 0 Å². The first-order chi connectivity index (χ1) is 10.3. The van der Waals surface area contributed by atoms with Gasteiger partial charge in [0.1, 0.15) is 11.5 Å². The van der Waals surface area contributed by atoms with E-state index in [1.165, 1.54) is 22.3 Å². The Morgan fingerprint density at radius 2 is 1.33 bits per heavy atom. The maximum Gasteiger partial charge on any atom is 0.131 e. The second-order valence-electron chi connectivity index (χ2n) is 5.52. The van der Waals surface area contributed by atoms with Crippen LogP contribution < -0.4 is 4.74 Å². The molecule has 0 saturated heterocycles. The highest BCUT2D eigenvalue weighted by molar-refractivity contribution is 5.58. The zero-order valence-corrected chi connectivity index (χ0v) is 11.9. The van der Waals surface area contributed by atoms with Gasteiger partial charge in [0.15, 0.2) is 0 Å². The summed E-state index contributed by atoms with van der Waals surface area (Å²) in [6, 6.07) is 25.4. The van der Waals surface area contributed by atoms with Crippen molar-refractivity contribution in [2.24, 2.45) is 0 Å². The van der Waals surface area contributed by atoms with Crippen molar-refractivity contribution in [3.63, 3.8) is 0 Å². The van der Waals surface area contributed by atoms with E-state index in [-0.39, 0.29) is 5.92 Å². The van der Waals surface area contributed by atoms with Crippen LogP contribution in [0, 0.1) is 6.92 Å². The Kier molecular flexibility index (Phi) is 2.78. The van der Waals surface area contributed by atoms with Crippen molar-refractivity contribution in [1.29, 1.82) is 0 Å². The molecule has 0 spiro atoms. The van der Waals surface area contributed by atoms with Crippen molar-refractivity contribution < 1.29 is 4.74 Å². The maximum atomic E-state index is 6.06. The minimum atomic E-state index is 0.242. The fourth-order valence-electron chi connectivity index (χ4n) is 3.12. The molecule has 0 N–H and O–H groups in total. The molecule has 0 radical (unpaired) electrons. The molecule has 1 heteroatoms. The molecule has 102 valence electrons. The molecule has 1 nitrogen and oxygen atoms in total. The van der Waals surface area contributed by atoms with Gasteiger partial charge in [-0.3, -0.25) is 0 Å². The van der Waals surface area contributed by atoms with Gasteiger partial charge in [-0.15, -0.1) is 0 Å². The predicted molar refractivity (Wildman–Crippen MR) is 85.1 cm³/mol. The quantitative estimate of drug-likeness (QED) is 0.458. The van der Waals surface area contributed by atoms with Gasteiger partial charge in [0.05, 0.1) is 0 Å². The van der Waals surface area contributed by atoms with E-state index < -0.39 is 0 Å². The summed E-state index contributed by atoms with van der Waals surface area (Å²) in [5, 5.41) is 0. The highest BCUT2D eigenvalue weighted by Gasteiger charge is 2.27. The highest BCUT2D eigenvalue weighted by atomic mass is 16.5. The summed E-state index contributed by atoms with van der Waals surface area (Å²) in [6.07, 6.45) is 0. The van der Waals surface area contributed by atoms with Gasteiger partial charge in [0, 0.05) is 17.0 Å². The van der Waals surface area contributed by atoms with Gasteiger partial charge >= 0.3 is 0 Å². The minimum absolute atomic E-state index is 0.242. The lowest BCUT2D eigenvalue weighted by molar-refractivity contribution is 0.453. The van der Waals surface area contributed by atoms with Crippen molar-refractivity contribution >= 4 is 0 Å². The van der Waals surface area contributed by atoms with Gasteiger partial charge in [-0.05, 0) is 24.6 Å². The highest BCUT2D eigenvalue weighted by Crippen LogP contribution is 2.46. The van der Waals surface area contributed by atoms with Crippen LogP contribution in [0.2, 0.25) is 0 Å².